The van der Waals surface area contributed by atoms with Gasteiger partial charge >= 0.3 is 11.3 Å². The van der Waals surface area contributed by atoms with Crippen LogP contribution in [0.15, 0.2) is 85.2 Å². The van der Waals surface area contributed by atoms with Gasteiger partial charge in [-0.2, -0.15) is 0 Å². The summed E-state index contributed by atoms with van der Waals surface area (Å²) in [5, 5.41) is 4.04. The highest BCUT2D eigenvalue weighted by Crippen LogP contribution is 2.38. The minimum absolute atomic E-state index is 0.0978. The van der Waals surface area contributed by atoms with E-state index in [9.17, 15) is 9.59 Å². The van der Waals surface area contributed by atoms with Crippen LogP contribution < -0.4 is 11.3 Å². The first kappa shape index (κ1) is 21.9. The first-order valence-electron chi connectivity index (χ1n) is 11.6. The Hall–Kier alpha value is -3.92. The molecule has 6 rings (SSSR count). The zero-order valence-corrected chi connectivity index (χ0v) is 20.0. The number of rotatable bonds is 1. The van der Waals surface area contributed by atoms with Crippen molar-refractivity contribution in [2.45, 2.75) is 40.0 Å². The summed E-state index contributed by atoms with van der Waals surface area (Å²) in [7, 11) is 0. The average molecular weight is 451 g/mol. The van der Waals surface area contributed by atoms with Crippen LogP contribution in [0, 0.1) is 0 Å². The lowest BCUT2D eigenvalue weighted by Gasteiger charge is -2.19. The first-order valence-corrected chi connectivity index (χ1v) is 11.6. The molecule has 0 spiro atoms. The van der Waals surface area contributed by atoms with Crippen LogP contribution in [0.1, 0.15) is 40.2 Å². The van der Waals surface area contributed by atoms with Crippen LogP contribution in [0.3, 0.4) is 0 Å². The van der Waals surface area contributed by atoms with Crippen molar-refractivity contribution >= 4 is 43.5 Å². The largest absolute Gasteiger partial charge is 0.456 e. The average Bonchev–Trinajstić information content (AvgIpc) is 2.84. The number of benzene rings is 4. The van der Waals surface area contributed by atoms with Gasteiger partial charge in [0.2, 0.25) is 0 Å². The minimum atomic E-state index is -0.621. The number of hydrogen-bond donors (Lipinski definition) is 0. The molecule has 0 fully saturated rings. The van der Waals surface area contributed by atoms with E-state index in [0.29, 0.717) is 21.7 Å². The third-order valence-electron chi connectivity index (χ3n) is 6.32. The fraction of sp³-hybridized carbons (Fsp3) is 0.200. The quantitative estimate of drug-likeness (QED) is 0.191. The Bertz CT molecular complexity index is 1750. The van der Waals surface area contributed by atoms with E-state index in [1.54, 1.807) is 18.2 Å². The van der Waals surface area contributed by atoms with Gasteiger partial charge in [0.1, 0.15) is 11.2 Å². The molecule has 2 heterocycles. The second kappa shape index (κ2) is 7.84. The lowest BCUT2D eigenvalue weighted by molar-refractivity contribution is 0.489. The van der Waals surface area contributed by atoms with Gasteiger partial charge in [-0.15, -0.1) is 0 Å². The summed E-state index contributed by atoms with van der Waals surface area (Å²) in [6.45, 7) is 10.6. The second-order valence-electron chi connectivity index (χ2n) is 9.34. The summed E-state index contributed by atoms with van der Waals surface area (Å²) in [4.78, 5) is 24.6. The molecule has 34 heavy (non-hydrogen) atoms. The minimum Gasteiger partial charge on any atom is -0.456 e. The smallest absolute Gasteiger partial charge is 0.346 e. The molecule has 2 aromatic heterocycles. The van der Waals surface area contributed by atoms with Crippen LogP contribution in [0.5, 0.6) is 0 Å². The van der Waals surface area contributed by atoms with Crippen LogP contribution in [0.4, 0.5) is 0 Å². The van der Waals surface area contributed by atoms with Gasteiger partial charge in [-0.25, -0.2) is 9.59 Å². The van der Waals surface area contributed by atoms with Crippen LogP contribution in [-0.2, 0) is 5.41 Å². The maximum Gasteiger partial charge on any atom is 0.346 e. The van der Waals surface area contributed by atoms with E-state index in [1.165, 1.54) is 5.56 Å². The molecular formula is C30H26O4. The molecule has 0 aliphatic heterocycles. The van der Waals surface area contributed by atoms with E-state index < -0.39 is 11.3 Å². The summed E-state index contributed by atoms with van der Waals surface area (Å²) in [6, 6.07) is 21.8. The fourth-order valence-electron chi connectivity index (χ4n) is 4.60. The van der Waals surface area contributed by atoms with Crippen LogP contribution in [0.2, 0.25) is 0 Å². The summed E-state index contributed by atoms with van der Waals surface area (Å²) >= 11 is 0. The van der Waals surface area contributed by atoms with Gasteiger partial charge < -0.3 is 8.83 Å². The van der Waals surface area contributed by atoms with Crippen molar-refractivity contribution in [1.82, 2.24) is 0 Å². The van der Waals surface area contributed by atoms with Crippen LogP contribution in [-0.4, -0.2) is 0 Å². The molecule has 0 radical (unpaired) electrons. The highest BCUT2D eigenvalue weighted by molar-refractivity contribution is 6.26. The van der Waals surface area contributed by atoms with Gasteiger partial charge in [0.25, 0.3) is 0 Å². The Labute approximate surface area is 196 Å². The molecule has 6 aromatic rings. The Morgan fingerprint density at radius 2 is 1.12 bits per heavy atom. The number of fused-ring (bicyclic) bond motifs is 2. The molecule has 0 aliphatic rings. The van der Waals surface area contributed by atoms with E-state index in [1.807, 2.05) is 26.0 Å². The predicted octanol–water partition coefficient (Wildman–Crippen LogP) is 7.63. The normalized spacial score (nSPS) is 11.9. The fourth-order valence-corrected chi connectivity index (χ4v) is 4.60. The van der Waals surface area contributed by atoms with E-state index in [2.05, 4.69) is 57.2 Å². The molecule has 0 saturated heterocycles. The van der Waals surface area contributed by atoms with Gasteiger partial charge in [-0.3, -0.25) is 0 Å². The third kappa shape index (κ3) is 3.29. The van der Waals surface area contributed by atoms with Gasteiger partial charge in [0.05, 0.1) is 10.8 Å². The second-order valence-corrected chi connectivity index (χ2v) is 9.34. The van der Waals surface area contributed by atoms with Crippen molar-refractivity contribution in [2.75, 3.05) is 0 Å². The summed E-state index contributed by atoms with van der Waals surface area (Å²) in [5.74, 6) is 0. The Morgan fingerprint density at radius 1 is 0.559 bits per heavy atom. The van der Waals surface area contributed by atoms with E-state index in [0.717, 1.165) is 32.9 Å². The summed E-state index contributed by atoms with van der Waals surface area (Å²) in [5.41, 5.74) is 3.72. The van der Waals surface area contributed by atoms with Crippen molar-refractivity contribution in [3.63, 3.8) is 0 Å². The molecule has 0 unspecified atom stereocenters. The Morgan fingerprint density at radius 3 is 1.76 bits per heavy atom. The van der Waals surface area contributed by atoms with Crippen molar-refractivity contribution < 1.29 is 8.83 Å². The van der Waals surface area contributed by atoms with Crippen LogP contribution in [0.25, 0.3) is 54.6 Å². The Balaban J connectivity index is 0.00000117. The molecular weight excluding hydrogens is 424 g/mol. The highest BCUT2D eigenvalue weighted by Gasteiger charge is 2.18. The van der Waals surface area contributed by atoms with E-state index in [-0.39, 0.29) is 5.41 Å². The molecule has 4 heteroatoms. The van der Waals surface area contributed by atoms with Crippen molar-refractivity contribution in [1.29, 1.82) is 0 Å². The molecule has 4 aromatic carbocycles. The monoisotopic (exact) mass is 450 g/mol. The molecule has 0 aliphatic carbocycles. The van der Waals surface area contributed by atoms with Gasteiger partial charge in [0, 0.05) is 16.2 Å². The maximum atomic E-state index is 12.3. The molecule has 0 amide bonds. The predicted molar refractivity (Wildman–Crippen MR) is 140 cm³/mol. The van der Waals surface area contributed by atoms with E-state index >= 15 is 0 Å². The zero-order valence-electron chi connectivity index (χ0n) is 20.0. The van der Waals surface area contributed by atoms with E-state index in [4.69, 9.17) is 8.83 Å². The molecule has 0 atom stereocenters. The topological polar surface area (TPSA) is 60.4 Å². The summed E-state index contributed by atoms with van der Waals surface area (Å²) in [6.07, 6.45) is 0. The summed E-state index contributed by atoms with van der Waals surface area (Å²) < 4.78 is 11.1. The van der Waals surface area contributed by atoms with Gasteiger partial charge in [0.15, 0.2) is 0 Å². The maximum absolute atomic E-state index is 12.3. The van der Waals surface area contributed by atoms with Crippen molar-refractivity contribution in [3.05, 3.63) is 93.1 Å². The lowest BCUT2D eigenvalue weighted by Crippen LogP contribution is -2.12. The van der Waals surface area contributed by atoms with Crippen molar-refractivity contribution in [3.8, 4) is 11.1 Å². The van der Waals surface area contributed by atoms with Gasteiger partial charge in [-0.1, -0.05) is 71.0 Å². The SMILES string of the molecule is CC.CC(C)(C)c1ccc(-c2ccc3oc4ccc5c(=O)oc(=O)c6ccc(c3c2)c4c56)cc1. The third-order valence-corrected chi connectivity index (χ3v) is 6.32. The molecule has 0 saturated carbocycles. The molecule has 0 N–H and O–H groups in total. The number of hydrogen-bond acceptors (Lipinski definition) is 4. The van der Waals surface area contributed by atoms with Crippen LogP contribution >= 0.6 is 0 Å². The first-order chi connectivity index (χ1) is 16.3. The lowest BCUT2D eigenvalue weighted by atomic mass is 9.86. The molecule has 0 bridgehead atoms. The highest BCUT2D eigenvalue weighted by atomic mass is 16.4. The zero-order chi connectivity index (χ0) is 24.2. The standard InChI is InChI=1S/C28H20O4.C2H6/c1-28(2,3)17-7-4-15(5-8-17)16-6-12-22-21(14-16)18-9-10-19-24-20(27(30)32-26(19)29)11-13-23(31-22)25(18)24;1-2/h4-14H,1-3H3;1-2H3. The molecule has 4 nitrogen and oxygen atoms in total. The van der Waals surface area contributed by atoms with Gasteiger partial charge in [-0.05, 0) is 57.8 Å². The molecule has 170 valence electrons. The van der Waals surface area contributed by atoms with Crippen molar-refractivity contribution in [2.24, 2.45) is 0 Å². The Kier molecular flexibility index (Phi) is 5.05.